The molecule has 4 heteroatoms. The molecule has 0 saturated heterocycles. The van der Waals surface area contributed by atoms with Crippen LogP contribution in [0.2, 0.25) is 0 Å². The first-order valence-corrected chi connectivity index (χ1v) is 9.72. The van der Waals surface area contributed by atoms with Crippen molar-refractivity contribution in [3.05, 3.63) is 89.7 Å². The average Bonchev–Trinajstić information content (AvgIpc) is 2.72. The average molecular weight is 390 g/mol. The highest BCUT2D eigenvalue weighted by Gasteiger charge is 2.12. The lowest BCUT2D eigenvalue weighted by atomic mass is 9.98. The van der Waals surface area contributed by atoms with Crippen LogP contribution in [-0.4, -0.2) is 28.0 Å². The van der Waals surface area contributed by atoms with Crippen molar-refractivity contribution in [1.82, 2.24) is 0 Å². The molecule has 3 rings (SSSR count). The maximum atomic E-state index is 10.7. The van der Waals surface area contributed by atoms with Crippen molar-refractivity contribution in [3.63, 3.8) is 0 Å². The third-order valence-electron chi connectivity index (χ3n) is 4.64. The van der Waals surface area contributed by atoms with Gasteiger partial charge in [0.15, 0.2) is 0 Å². The van der Waals surface area contributed by atoms with Crippen LogP contribution >= 0.6 is 0 Å². The standard InChI is InChI=1S/C25H26O4/c1-18(26)16-19(17-29-20-9-3-2-4-10-20)8-7-13-24(27)23-14-15-25(28)22-12-6-5-11-21(22)23/h2-7,9-12,14-15,18,24,26-28H,13,16-17H2,1H3/t8?,18-,24+/m0/s1. The first-order chi connectivity index (χ1) is 14.0. The van der Waals surface area contributed by atoms with Crippen molar-refractivity contribution < 1.29 is 20.1 Å². The van der Waals surface area contributed by atoms with E-state index < -0.39 is 12.2 Å². The summed E-state index contributed by atoms with van der Waals surface area (Å²) in [6, 6.07) is 20.3. The summed E-state index contributed by atoms with van der Waals surface area (Å²) in [6.07, 6.45) is 1.36. The lowest BCUT2D eigenvalue weighted by molar-refractivity contribution is 0.183. The van der Waals surface area contributed by atoms with E-state index in [4.69, 9.17) is 4.74 Å². The van der Waals surface area contributed by atoms with Gasteiger partial charge in [0.2, 0.25) is 0 Å². The summed E-state index contributed by atoms with van der Waals surface area (Å²) in [5.41, 5.74) is 4.76. The zero-order valence-electron chi connectivity index (χ0n) is 16.5. The molecule has 3 aromatic rings. The molecule has 0 heterocycles. The van der Waals surface area contributed by atoms with Crippen LogP contribution in [0.15, 0.2) is 84.1 Å². The van der Waals surface area contributed by atoms with Gasteiger partial charge in [0.05, 0.1) is 12.2 Å². The Morgan fingerprint density at radius 2 is 1.66 bits per heavy atom. The molecule has 4 nitrogen and oxygen atoms in total. The van der Waals surface area contributed by atoms with Gasteiger partial charge in [0.25, 0.3) is 0 Å². The number of benzene rings is 3. The zero-order chi connectivity index (χ0) is 20.6. The molecule has 0 unspecified atom stereocenters. The maximum absolute atomic E-state index is 10.7. The van der Waals surface area contributed by atoms with Crippen molar-refractivity contribution in [3.8, 4) is 11.5 Å². The molecule has 0 radical (unpaired) electrons. The summed E-state index contributed by atoms with van der Waals surface area (Å²) in [5.74, 6) is 0.956. The molecule has 3 aromatic carbocycles. The van der Waals surface area contributed by atoms with Crippen LogP contribution < -0.4 is 4.74 Å². The highest BCUT2D eigenvalue weighted by atomic mass is 16.5. The molecule has 29 heavy (non-hydrogen) atoms. The van der Waals surface area contributed by atoms with Gasteiger partial charge < -0.3 is 20.1 Å². The Bertz CT molecular complexity index is 1000. The molecule has 0 aliphatic rings. The number of phenolic OH excluding ortho intramolecular Hbond substituents is 1. The minimum atomic E-state index is -0.726. The van der Waals surface area contributed by atoms with Crippen LogP contribution in [0, 0.1) is 0 Å². The second kappa shape index (κ2) is 9.94. The van der Waals surface area contributed by atoms with Crippen molar-refractivity contribution in [2.24, 2.45) is 0 Å². The number of para-hydroxylation sites is 1. The highest BCUT2D eigenvalue weighted by molar-refractivity contribution is 5.91. The van der Waals surface area contributed by atoms with Crippen molar-refractivity contribution in [2.45, 2.75) is 32.0 Å². The molecular weight excluding hydrogens is 364 g/mol. The van der Waals surface area contributed by atoms with E-state index in [-0.39, 0.29) is 5.75 Å². The molecule has 0 saturated carbocycles. The number of aliphatic hydroxyl groups excluding tert-OH is 2. The second-order valence-corrected chi connectivity index (χ2v) is 7.08. The molecular formula is C25H26O4. The van der Waals surface area contributed by atoms with E-state index in [1.54, 1.807) is 25.1 Å². The molecule has 0 spiro atoms. The molecule has 150 valence electrons. The van der Waals surface area contributed by atoms with E-state index in [0.29, 0.717) is 19.4 Å². The van der Waals surface area contributed by atoms with Gasteiger partial charge in [0, 0.05) is 23.8 Å². The summed E-state index contributed by atoms with van der Waals surface area (Å²) >= 11 is 0. The zero-order valence-corrected chi connectivity index (χ0v) is 16.5. The lowest BCUT2D eigenvalue weighted by Crippen LogP contribution is -2.07. The number of hydrogen-bond donors (Lipinski definition) is 3. The largest absolute Gasteiger partial charge is 0.507 e. The lowest BCUT2D eigenvalue weighted by Gasteiger charge is -2.13. The molecule has 0 aliphatic carbocycles. The summed E-state index contributed by atoms with van der Waals surface area (Å²) in [6.45, 7) is 2.05. The van der Waals surface area contributed by atoms with Gasteiger partial charge in [0.1, 0.15) is 18.1 Å². The van der Waals surface area contributed by atoms with E-state index >= 15 is 0 Å². The molecule has 0 aromatic heterocycles. The van der Waals surface area contributed by atoms with E-state index in [2.05, 4.69) is 5.73 Å². The van der Waals surface area contributed by atoms with Gasteiger partial charge in [-0.1, -0.05) is 48.5 Å². The van der Waals surface area contributed by atoms with Crippen molar-refractivity contribution in [1.29, 1.82) is 0 Å². The predicted molar refractivity (Wildman–Crippen MR) is 115 cm³/mol. The second-order valence-electron chi connectivity index (χ2n) is 7.08. The van der Waals surface area contributed by atoms with Gasteiger partial charge in [-0.15, -0.1) is 5.73 Å². The quantitative estimate of drug-likeness (QED) is 0.479. The Morgan fingerprint density at radius 1 is 0.966 bits per heavy atom. The van der Waals surface area contributed by atoms with Crippen molar-refractivity contribution >= 4 is 10.8 Å². The molecule has 0 bridgehead atoms. The first kappa shape index (κ1) is 20.7. The maximum Gasteiger partial charge on any atom is 0.123 e. The Balaban J connectivity index is 1.75. The summed E-state index contributed by atoms with van der Waals surface area (Å²) in [4.78, 5) is 0. The Morgan fingerprint density at radius 3 is 2.38 bits per heavy atom. The third kappa shape index (κ3) is 5.72. The normalized spacial score (nSPS) is 12.8. The van der Waals surface area contributed by atoms with E-state index in [0.717, 1.165) is 27.7 Å². The summed E-state index contributed by atoms with van der Waals surface area (Å²) < 4.78 is 5.76. The highest BCUT2D eigenvalue weighted by Crippen LogP contribution is 2.32. The van der Waals surface area contributed by atoms with Crippen molar-refractivity contribution in [2.75, 3.05) is 6.61 Å². The van der Waals surface area contributed by atoms with Crippen LogP contribution in [-0.2, 0) is 0 Å². The van der Waals surface area contributed by atoms with Crippen LogP contribution in [0.4, 0.5) is 0 Å². The molecule has 0 amide bonds. The molecule has 0 aliphatic heterocycles. The van der Waals surface area contributed by atoms with Crippen LogP contribution in [0.3, 0.4) is 0 Å². The number of ether oxygens (including phenoxy) is 1. The SMILES string of the molecule is C[C@H](O)CC(=C=CC[C@@H](O)c1ccc(O)c2ccccc12)COc1ccccc1. The van der Waals surface area contributed by atoms with Gasteiger partial charge in [-0.25, -0.2) is 0 Å². The van der Waals surface area contributed by atoms with Crippen LogP contribution in [0.25, 0.3) is 10.8 Å². The molecule has 3 N–H and O–H groups in total. The number of aromatic hydroxyl groups is 1. The van der Waals surface area contributed by atoms with Gasteiger partial charge in [-0.3, -0.25) is 0 Å². The van der Waals surface area contributed by atoms with E-state index in [1.807, 2.05) is 54.6 Å². The number of hydrogen-bond acceptors (Lipinski definition) is 4. The predicted octanol–water partition coefficient (Wildman–Crippen LogP) is 4.90. The van der Waals surface area contributed by atoms with Crippen LogP contribution in [0.1, 0.15) is 31.4 Å². The fraction of sp³-hybridized carbons (Fsp3) is 0.240. The minimum absolute atomic E-state index is 0.198. The minimum Gasteiger partial charge on any atom is -0.507 e. The third-order valence-corrected chi connectivity index (χ3v) is 4.64. The summed E-state index contributed by atoms with van der Waals surface area (Å²) in [7, 11) is 0. The van der Waals surface area contributed by atoms with E-state index in [1.165, 1.54) is 0 Å². The number of aliphatic hydroxyl groups is 2. The fourth-order valence-corrected chi connectivity index (χ4v) is 3.24. The fourth-order valence-electron chi connectivity index (χ4n) is 3.24. The van der Waals surface area contributed by atoms with E-state index in [9.17, 15) is 15.3 Å². The smallest absolute Gasteiger partial charge is 0.123 e. The molecule has 2 atom stereocenters. The number of fused-ring (bicyclic) bond motifs is 1. The Labute approximate surface area is 171 Å². The Hall–Kier alpha value is -3.04. The summed E-state index contributed by atoms with van der Waals surface area (Å²) in [5, 5.41) is 32.0. The molecule has 0 fully saturated rings. The van der Waals surface area contributed by atoms with Gasteiger partial charge in [-0.05, 0) is 42.1 Å². The monoisotopic (exact) mass is 390 g/mol. The van der Waals surface area contributed by atoms with Gasteiger partial charge in [-0.2, -0.15) is 0 Å². The van der Waals surface area contributed by atoms with Crippen LogP contribution in [0.5, 0.6) is 11.5 Å². The number of phenols is 1. The Kier molecular flexibility index (Phi) is 7.09. The number of rotatable bonds is 8. The first-order valence-electron chi connectivity index (χ1n) is 9.72. The topological polar surface area (TPSA) is 69.9 Å². The van der Waals surface area contributed by atoms with Gasteiger partial charge >= 0.3 is 0 Å².